The van der Waals surface area contributed by atoms with Crippen molar-refractivity contribution in [1.82, 2.24) is 4.98 Å². The predicted octanol–water partition coefficient (Wildman–Crippen LogP) is 1.48. The smallest absolute Gasteiger partial charge is 0.337 e. The van der Waals surface area contributed by atoms with Crippen LogP contribution in [0.15, 0.2) is 29.6 Å². The predicted molar refractivity (Wildman–Crippen MR) is 75.7 cm³/mol. The molecule has 0 fully saturated rings. The van der Waals surface area contributed by atoms with Gasteiger partial charge in [-0.2, -0.15) is 0 Å². The molecule has 1 aromatic carbocycles. The highest BCUT2D eigenvalue weighted by atomic mass is 32.1. The number of rotatable bonds is 5. The lowest BCUT2D eigenvalue weighted by atomic mass is 10.1. The zero-order valence-electron chi connectivity index (χ0n) is 10.5. The van der Waals surface area contributed by atoms with E-state index in [1.54, 1.807) is 23.6 Å². The van der Waals surface area contributed by atoms with Crippen LogP contribution in [0.1, 0.15) is 21.1 Å². The number of para-hydroxylation sites is 1. The minimum Gasteiger partial charge on any atom is -0.478 e. The Bertz CT molecular complexity index is 639. The molecule has 0 saturated carbocycles. The van der Waals surface area contributed by atoms with Gasteiger partial charge in [0.15, 0.2) is 0 Å². The van der Waals surface area contributed by atoms with Gasteiger partial charge in [0, 0.05) is 11.9 Å². The molecule has 7 heteroatoms. The first-order chi connectivity index (χ1) is 9.60. The van der Waals surface area contributed by atoms with Crippen LogP contribution in [0.3, 0.4) is 0 Å². The molecule has 2 aromatic rings. The van der Waals surface area contributed by atoms with Gasteiger partial charge in [-0.3, -0.25) is 4.79 Å². The molecule has 0 bridgehead atoms. The largest absolute Gasteiger partial charge is 0.478 e. The van der Waals surface area contributed by atoms with Gasteiger partial charge in [-0.15, -0.1) is 11.3 Å². The summed E-state index contributed by atoms with van der Waals surface area (Å²) < 4.78 is 0. The van der Waals surface area contributed by atoms with E-state index in [4.69, 9.17) is 10.8 Å². The molecule has 1 heterocycles. The lowest BCUT2D eigenvalue weighted by Gasteiger charge is -2.07. The van der Waals surface area contributed by atoms with Crippen LogP contribution in [-0.4, -0.2) is 22.0 Å². The average molecular weight is 291 g/mol. The monoisotopic (exact) mass is 291 g/mol. The summed E-state index contributed by atoms with van der Waals surface area (Å²) >= 11 is 1.40. The minimum atomic E-state index is -1.08. The second kappa shape index (κ2) is 6.27. The van der Waals surface area contributed by atoms with Crippen LogP contribution >= 0.6 is 11.3 Å². The molecule has 0 atom stereocenters. The number of nitrogens with two attached hydrogens (primary N) is 1. The Labute approximate surface area is 119 Å². The van der Waals surface area contributed by atoms with Gasteiger partial charge < -0.3 is 16.2 Å². The van der Waals surface area contributed by atoms with Crippen molar-refractivity contribution < 1.29 is 14.7 Å². The first-order valence-corrected chi connectivity index (χ1v) is 6.73. The van der Waals surface area contributed by atoms with Crippen molar-refractivity contribution in [2.75, 3.05) is 5.32 Å². The quantitative estimate of drug-likeness (QED) is 0.773. The maximum Gasteiger partial charge on any atom is 0.337 e. The number of carbonyl (C=O) groups excluding carboxylic acids is 1. The van der Waals surface area contributed by atoms with Gasteiger partial charge in [0.05, 0.1) is 23.4 Å². The lowest BCUT2D eigenvalue weighted by Crippen LogP contribution is -2.17. The Morgan fingerprint density at radius 3 is 2.75 bits per heavy atom. The normalized spacial score (nSPS) is 10.2. The lowest BCUT2D eigenvalue weighted by molar-refractivity contribution is -0.115. The highest BCUT2D eigenvalue weighted by Gasteiger charge is 2.13. The third-order valence-corrected chi connectivity index (χ3v) is 3.47. The molecule has 0 aliphatic rings. The molecule has 0 aliphatic carbocycles. The first kappa shape index (κ1) is 14.2. The van der Waals surface area contributed by atoms with Crippen LogP contribution < -0.4 is 11.1 Å². The van der Waals surface area contributed by atoms with Crippen molar-refractivity contribution in [3.05, 3.63) is 45.9 Å². The van der Waals surface area contributed by atoms with Crippen molar-refractivity contribution in [2.45, 2.75) is 13.0 Å². The topological polar surface area (TPSA) is 105 Å². The summed E-state index contributed by atoms with van der Waals surface area (Å²) in [5.41, 5.74) is 6.41. The zero-order valence-corrected chi connectivity index (χ0v) is 11.3. The van der Waals surface area contributed by atoms with Crippen molar-refractivity contribution >= 4 is 28.9 Å². The van der Waals surface area contributed by atoms with E-state index in [9.17, 15) is 9.59 Å². The second-order valence-corrected chi connectivity index (χ2v) is 4.96. The summed E-state index contributed by atoms with van der Waals surface area (Å²) in [5.74, 6) is -1.40. The molecule has 104 valence electrons. The fourth-order valence-corrected chi connectivity index (χ4v) is 2.34. The van der Waals surface area contributed by atoms with Gasteiger partial charge in [-0.25, -0.2) is 9.78 Å². The molecular formula is C13H13N3O3S. The third-order valence-electron chi connectivity index (χ3n) is 2.55. The van der Waals surface area contributed by atoms with E-state index in [0.29, 0.717) is 12.2 Å². The Hall–Kier alpha value is -2.25. The standard InChI is InChI=1S/C13H13N3O3S/c14-6-12-15-8(7-20-12)5-11(17)16-10-4-2-1-3-9(10)13(18)19/h1-4,7H,5-6,14H2,(H,16,17)(H,18,19). The van der Waals surface area contributed by atoms with Crippen LogP contribution in [0.4, 0.5) is 5.69 Å². The molecule has 0 aliphatic heterocycles. The number of hydrogen-bond acceptors (Lipinski definition) is 5. The SMILES string of the molecule is NCc1nc(CC(=O)Nc2ccccc2C(=O)O)cs1. The van der Waals surface area contributed by atoms with E-state index < -0.39 is 5.97 Å². The Morgan fingerprint density at radius 2 is 2.10 bits per heavy atom. The summed E-state index contributed by atoms with van der Waals surface area (Å²) in [7, 11) is 0. The van der Waals surface area contributed by atoms with E-state index in [1.807, 2.05) is 0 Å². The van der Waals surface area contributed by atoms with Crippen molar-refractivity contribution in [2.24, 2.45) is 5.73 Å². The van der Waals surface area contributed by atoms with Crippen LogP contribution in [0.5, 0.6) is 0 Å². The van der Waals surface area contributed by atoms with Crippen LogP contribution in [0.25, 0.3) is 0 Å². The summed E-state index contributed by atoms with van der Waals surface area (Å²) in [4.78, 5) is 27.1. The van der Waals surface area contributed by atoms with Gasteiger partial charge in [-0.1, -0.05) is 12.1 Å². The van der Waals surface area contributed by atoms with Gasteiger partial charge in [0.2, 0.25) is 5.91 Å². The molecule has 2 rings (SSSR count). The van der Waals surface area contributed by atoms with E-state index in [-0.39, 0.29) is 23.6 Å². The van der Waals surface area contributed by atoms with Crippen LogP contribution in [0.2, 0.25) is 0 Å². The molecule has 6 nitrogen and oxygen atoms in total. The Morgan fingerprint density at radius 1 is 1.35 bits per heavy atom. The number of carboxylic acid groups (broad SMARTS) is 1. The number of carboxylic acids is 1. The maximum absolute atomic E-state index is 11.9. The van der Waals surface area contributed by atoms with E-state index >= 15 is 0 Å². The maximum atomic E-state index is 11.9. The van der Waals surface area contributed by atoms with E-state index in [1.165, 1.54) is 17.4 Å². The number of aromatic carboxylic acids is 1. The van der Waals surface area contributed by atoms with Crippen molar-refractivity contribution in [3.8, 4) is 0 Å². The molecule has 0 saturated heterocycles. The number of anilines is 1. The molecule has 20 heavy (non-hydrogen) atoms. The fraction of sp³-hybridized carbons (Fsp3) is 0.154. The molecule has 0 unspecified atom stereocenters. The summed E-state index contributed by atoms with van der Waals surface area (Å²) in [5, 5.41) is 14.1. The number of carbonyl (C=O) groups is 2. The molecule has 4 N–H and O–H groups in total. The first-order valence-electron chi connectivity index (χ1n) is 5.85. The van der Waals surface area contributed by atoms with Gasteiger partial charge in [0.25, 0.3) is 0 Å². The third kappa shape index (κ3) is 3.40. The zero-order chi connectivity index (χ0) is 14.5. The van der Waals surface area contributed by atoms with Gasteiger partial charge >= 0.3 is 5.97 Å². The Kier molecular flexibility index (Phi) is 4.44. The number of benzene rings is 1. The fourth-order valence-electron chi connectivity index (χ4n) is 1.66. The highest BCUT2D eigenvalue weighted by molar-refractivity contribution is 7.09. The molecule has 0 spiro atoms. The molecule has 1 amide bonds. The average Bonchev–Trinajstić information content (AvgIpc) is 2.86. The Balaban J connectivity index is 2.06. The highest BCUT2D eigenvalue weighted by Crippen LogP contribution is 2.16. The summed E-state index contributed by atoms with van der Waals surface area (Å²) in [6.07, 6.45) is 0.0878. The number of nitrogens with one attached hydrogen (secondary N) is 1. The number of amides is 1. The molecular weight excluding hydrogens is 278 g/mol. The molecule has 0 radical (unpaired) electrons. The number of nitrogens with zero attached hydrogens (tertiary/aromatic N) is 1. The second-order valence-electron chi connectivity index (χ2n) is 4.01. The van der Waals surface area contributed by atoms with Crippen molar-refractivity contribution in [1.29, 1.82) is 0 Å². The molecule has 1 aromatic heterocycles. The van der Waals surface area contributed by atoms with Gasteiger partial charge in [-0.05, 0) is 12.1 Å². The van der Waals surface area contributed by atoms with E-state index in [2.05, 4.69) is 10.3 Å². The summed E-state index contributed by atoms with van der Waals surface area (Å²) in [6, 6.07) is 6.26. The summed E-state index contributed by atoms with van der Waals surface area (Å²) in [6.45, 7) is 0.341. The number of aromatic nitrogens is 1. The minimum absolute atomic E-state index is 0.0572. The number of thiazole rings is 1. The van der Waals surface area contributed by atoms with Crippen molar-refractivity contribution in [3.63, 3.8) is 0 Å². The van der Waals surface area contributed by atoms with Gasteiger partial charge in [0.1, 0.15) is 5.01 Å². The van der Waals surface area contributed by atoms with Crippen LogP contribution in [0, 0.1) is 0 Å². The number of hydrogen-bond donors (Lipinski definition) is 3. The van der Waals surface area contributed by atoms with Crippen LogP contribution in [-0.2, 0) is 17.8 Å². The van der Waals surface area contributed by atoms with E-state index in [0.717, 1.165) is 5.01 Å².